The molecular weight excluding hydrogens is 370 g/mol. The van der Waals surface area contributed by atoms with Gasteiger partial charge in [0.15, 0.2) is 5.43 Å². The lowest BCUT2D eigenvalue weighted by atomic mass is 9.92. The molecule has 3 N–H and O–H groups in total. The molecular formula is C22H23N3O4. The van der Waals surface area contributed by atoms with Gasteiger partial charge in [0.2, 0.25) is 0 Å². The highest BCUT2D eigenvalue weighted by molar-refractivity contribution is 6.00. The first-order valence-corrected chi connectivity index (χ1v) is 9.23. The SMILES string of the molecule is CC(C)Cn1cc2cc(C(N)=O)c(=O)cc-2c(-c2ccccc2)c1N(C)C(=O)O. The van der Waals surface area contributed by atoms with Crippen molar-refractivity contribution in [2.24, 2.45) is 11.7 Å². The van der Waals surface area contributed by atoms with E-state index in [0.29, 0.717) is 29.1 Å². The lowest BCUT2D eigenvalue weighted by Gasteiger charge is -2.28. The van der Waals surface area contributed by atoms with Gasteiger partial charge in [-0.05, 0) is 34.7 Å². The lowest BCUT2D eigenvalue weighted by molar-refractivity contribution is 0.0999. The fourth-order valence-corrected chi connectivity index (χ4v) is 3.48. The minimum Gasteiger partial charge on any atom is -0.465 e. The number of rotatable bonds is 5. The molecule has 2 amide bonds. The molecule has 0 saturated carbocycles. The number of carboxylic acid groups (broad SMARTS) is 1. The summed E-state index contributed by atoms with van der Waals surface area (Å²) in [6, 6.07) is 12.1. The van der Waals surface area contributed by atoms with Crippen molar-refractivity contribution in [3.8, 4) is 22.3 Å². The number of carbonyl (C=O) groups is 2. The number of amides is 2. The molecule has 1 aliphatic carbocycles. The predicted octanol–water partition coefficient (Wildman–Crippen LogP) is 3.49. The molecule has 0 radical (unpaired) electrons. The predicted molar refractivity (Wildman–Crippen MR) is 113 cm³/mol. The van der Waals surface area contributed by atoms with E-state index in [2.05, 4.69) is 0 Å². The van der Waals surface area contributed by atoms with Gasteiger partial charge in [-0.15, -0.1) is 0 Å². The van der Waals surface area contributed by atoms with Crippen molar-refractivity contribution >= 4 is 17.8 Å². The highest BCUT2D eigenvalue weighted by atomic mass is 16.4. The van der Waals surface area contributed by atoms with Crippen molar-refractivity contribution in [3.05, 3.63) is 64.4 Å². The van der Waals surface area contributed by atoms with Gasteiger partial charge in [0, 0.05) is 25.4 Å². The number of nitrogens with two attached hydrogens (primary N) is 1. The number of carbonyl (C=O) groups excluding carboxylic acids is 1. The first-order chi connectivity index (χ1) is 13.7. The first-order valence-electron chi connectivity index (χ1n) is 9.23. The van der Waals surface area contributed by atoms with Crippen molar-refractivity contribution in [1.29, 1.82) is 0 Å². The van der Waals surface area contributed by atoms with Crippen LogP contribution in [0.3, 0.4) is 0 Å². The van der Waals surface area contributed by atoms with Gasteiger partial charge in [0.1, 0.15) is 5.82 Å². The fourth-order valence-electron chi connectivity index (χ4n) is 3.48. The highest BCUT2D eigenvalue weighted by Crippen LogP contribution is 2.41. The van der Waals surface area contributed by atoms with Gasteiger partial charge in [-0.1, -0.05) is 44.2 Å². The Morgan fingerprint density at radius 1 is 1.14 bits per heavy atom. The maximum atomic E-state index is 12.5. The zero-order valence-corrected chi connectivity index (χ0v) is 16.5. The summed E-state index contributed by atoms with van der Waals surface area (Å²) in [4.78, 5) is 37.2. The Balaban J connectivity index is 2.50. The molecule has 2 aliphatic rings. The number of nitrogens with zero attached hydrogens (tertiary/aromatic N) is 2. The van der Waals surface area contributed by atoms with Crippen LogP contribution < -0.4 is 16.1 Å². The molecule has 3 rings (SSSR count). The molecule has 1 aromatic rings. The summed E-state index contributed by atoms with van der Waals surface area (Å²) in [7, 11) is 1.47. The van der Waals surface area contributed by atoms with Gasteiger partial charge in [-0.2, -0.15) is 0 Å². The van der Waals surface area contributed by atoms with Crippen LogP contribution in [0.1, 0.15) is 24.2 Å². The van der Waals surface area contributed by atoms with E-state index in [4.69, 9.17) is 5.73 Å². The molecule has 1 heterocycles. The number of pyridine rings is 1. The van der Waals surface area contributed by atoms with Crippen LogP contribution >= 0.6 is 0 Å². The van der Waals surface area contributed by atoms with Crippen molar-refractivity contribution < 1.29 is 14.7 Å². The Morgan fingerprint density at radius 3 is 2.34 bits per heavy atom. The number of hydrogen-bond acceptors (Lipinski definition) is 3. The molecule has 0 atom stereocenters. The van der Waals surface area contributed by atoms with Crippen molar-refractivity contribution in [3.63, 3.8) is 0 Å². The standard InChI is InChI=1S/C22H23N3O4/c1-13(2)11-25-12-15-9-17(20(23)27)18(26)10-16(15)19(14-7-5-4-6-8-14)21(25)24(3)22(28)29/h4-10,12-13H,11H2,1-3H3,(H2,23,27)(H,28,29). The number of fused-ring (bicyclic) bond motifs is 1. The van der Waals surface area contributed by atoms with Crippen molar-refractivity contribution in [2.45, 2.75) is 20.4 Å². The Labute approximate surface area is 168 Å². The number of benzene rings is 2. The van der Waals surface area contributed by atoms with Crippen LogP contribution in [-0.4, -0.2) is 28.7 Å². The average molecular weight is 393 g/mol. The second-order valence-electron chi connectivity index (χ2n) is 7.38. The second-order valence-corrected chi connectivity index (χ2v) is 7.38. The van der Waals surface area contributed by atoms with E-state index < -0.39 is 17.4 Å². The number of aromatic nitrogens is 1. The normalized spacial score (nSPS) is 11.0. The van der Waals surface area contributed by atoms with Crippen LogP contribution in [0.25, 0.3) is 22.3 Å². The average Bonchev–Trinajstić information content (AvgIpc) is 2.66. The minimum atomic E-state index is -1.12. The summed E-state index contributed by atoms with van der Waals surface area (Å²) in [6.07, 6.45) is 0.651. The molecule has 1 aliphatic heterocycles. The summed E-state index contributed by atoms with van der Waals surface area (Å²) >= 11 is 0. The number of anilines is 1. The second kappa shape index (κ2) is 7.79. The van der Waals surface area contributed by atoms with Gasteiger partial charge < -0.3 is 15.4 Å². The highest BCUT2D eigenvalue weighted by Gasteiger charge is 2.25. The summed E-state index contributed by atoms with van der Waals surface area (Å²) < 4.78 is 1.85. The fraction of sp³-hybridized carbons (Fsp3) is 0.227. The molecule has 0 saturated heterocycles. The largest absolute Gasteiger partial charge is 0.465 e. The Bertz CT molecular complexity index is 1100. The molecule has 0 bridgehead atoms. The molecule has 150 valence electrons. The van der Waals surface area contributed by atoms with Crippen LogP contribution in [0.15, 0.2) is 53.5 Å². The minimum absolute atomic E-state index is 0.0908. The van der Waals surface area contributed by atoms with Crippen LogP contribution in [0.5, 0.6) is 0 Å². The Morgan fingerprint density at radius 2 is 1.79 bits per heavy atom. The summed E-state index contributed by atoms with van der Waals surface area (Å²) in [5, 5.41) is 9.70. The Hall–Kier alpha value is -3.61. The zero-order valence-electron chi connectivity index (χ0n) is 16.5. The molecule has 0 unspecified atom stereocenters. The van der Waals surface area contributed by atoms with Gasteiger partial charge in [0.05, 0.1) is 5.56 Å². The smallest absolute Gasteiger partial charge is 0.412 e. The van der Waals surface area contributed by atoms with E-state index in [1.807, 2.05) is 48.7 Å². The zero-order chi connectivity index (χ0) is 21.3. The first kappa shape index (κ1) is 20.1. The molecule has 1 aromatic carbocycles. The topological polar surface area (TPSA) is 106 Å². The van der Waals surface area contributed by atoms with E-state index >= 15 is 0 Å². The third-order valence-electron chi connectivity index (χ3n) is 4.71. The summed E-state index contributed by atoms with van der Waals surface area (Å²) in [5.74, 6) is -0.104. The molecule has 0 aromatic heterocycles. The molecule has 29 heavy (non-hydrogen) atoms. The third-order valence-corrected chi connectivity index (χ3v) is 4.71. The van der Waals surface area contributed by atoms with Gasteiger partial charge in [-0.25, -0.2) is 4.79 Å². The molecule has 7 heteroatoms. The van der Waals surface area contributed by atoms with E-state index in [0.717, 1.165) is 10.5 Å². The van der Waals surface area contributed by atoms with Crippen molar-refractivity contribution in [2.75, 3.05) is 11.9 Å². The van der Waals surface area contributed by atoms with Gasteiger partial charge in [-0.3, -0.25) is 14.5 Å². The van der Waals surface area contributed by atoms with Crippen LogP contribution in [0, 0.1) is 5.92 Å². The van der Waals surface area contributed by atoms with Crippen LogP contribution in [-0.2, 0) is 6.54 Å². The van der Waals surface area contributed by atoms with E-state index in [9.17, 15) is 19.5 Å². The van der Waals surface area contributed by atoms with Crippen LogP contribution in [0.2, 0.25) is 0 Å². The number of hydrogen-bond donors (Lipinski definition) is 2. The molecule has 0 fully saturated rings. The van der Waals surface area contributed by atoms with Gasteiger partial charge >= 0.3 is 6.09 Å². The maximum Gasteiger partial charge on any atom is 0.412 e. The van der Waals surface area contributed by atoms with E-state index in [1.165, 1.54) is 19.2 Å². The van der Waals surface area contributed by atoms with Gasteiger partial charge in [0.25, 0.3) is 5.91 Å². The molecule has 7 nitrogen and oxygen atoms in total. The van der Waals surface area contributed by atoms with Crippen LogP contribution in [0.4, 0.5) is 10.6 Å². The van der Waals surface area contributed by atoms with E-state index in [-0.39, 0.29) is 11.5 Å². The summed E-state index contributed by atoms with van der Waals surface area (Å²) in [6.45, 7) is 4.60. The van der Waals surface area contributed by atoms with Crippen molar-refractivity contribution in [1.82, 2.24) is 4.57 Å². The Kier molecular flexibility index (Phi) is 5.41. The summed E-state index contributed by atoms with van der Waals surface area (Å²) in [5.41, 5.74) is 7.36. The lowest BCUT2D eigenvalue weighted by Crippen LogP contribution is -2.29. The monoisotopic (exact) mass is 393 g/mol. The quantitative estimate of drug-likeness (QED) is 0.692. The maximum absolute atomic E-state index is 12.5. The number of primary amides is 1. The van der Waals surface area contributed by atoms with E-state index in [1.54, 1.807) is 6.20 Å². The molecule has 0 spiro atoms. The third kappa shape index (κ3) is 3.85.